The number of halogens is 3. The van der Waals surface area contributed by atoms with E-state index in [1.165, 1.54) is 0 Å². The first kappa shape index (κ1) is 17.1. The molecule has 21 heavy (non-hydrogen) atoms. The zero-order valence-corrected chi connectivity index (χ0v) is 11.1. The Kier molecular flexibility index (Phi) is 5.79. The number of hydrogen-bond donors (Lipinski definition) is 3. The summed E-state index contributed by atoms with van der Waals surface area (Å²) in [6.45, 7) is -2.71. The highest BCUT2D eigenvalue weighted by Gasteiger charge is 2.34. The average molecular weight is 311 g/mol. The molecule has 3 amide bonds. The maximum Gasteiger partial charge on any atom is 0.406 e. The van der Waals surface area contributed by atoms with Crippen molar-refractivity contribution >= 4 is 17.9 Å². The van der Waals surface area contributed by atoms with Crippen LogP contribution < -0.4 is 10.6 Å². The molecule has 3 N–H and O–H groups in total. The second-order valence-electron chi connectivity index (χ2n) is 4.66. The molecule has 0 spiro atoms. The van der Waals surface area contributed by atoms with Gasteiger partial charge in [0.1, 0.15) is 13.1 Å². The summed E-state index contributed by atoms with van der Waals surface area (Å²) >= 11 is 0. The van der Waals surface area contributed by atoms with Crippen LogP contribution in [-0.4, -0.2) is 60.3 Å². The lowest BCUT2D eigenvalue weighted by Gasteiger charge is -2.22. The van der Waals surface area contributed by atoms with Crippen LogP contribution in [0.3, 0.4) is 0 Å². The molecule has 0 saturated heterocycles. The van der Waals surface area contributed by atoms with Crippen LogP contribution in [-0.2, 0) is 9.59 Å². The standard InChI is InChI=1S/C11H16F3N3O4/c12-11(13,14)6-17(5-8(18)19)10(21)16-4-3-15-9(20)7-1-2-7/h7H,1-6H2,(H,15,20)(H,16,21)(H,18,19). The largest absolute Gasteiger partial charge is 0.480 e. The molecule has 7 nitrogen and oxygen atoms in total. The Labute approximate surface area is 118 Å². The summed E-state index contributed by atoms with van der Waals surface area (Å²) in [6.07, 6.45) is -3.06. The SMILES string of the molecule is O=C(O)CN(CC(F)(F)F)C(=O)NCCNC(=O)C1CC1. The van der Waals surface area contributed by atoms with E-state index in [0.717, 1.165) is 12.8 Å². The van der Waals surface area contributed by atoms with Crippen LogP contribution in [0.4, 0.5) is 18.0 Å². The van der Waals surface area contributed by atoms with Gasteiger partial charge in [-0.25, -0.2) is 4.79 Å². The number of nitrogens with zero attached hydrogens (tertiary/aromatic N) is 1. The molecule has 0 bridgehead atoms. The summed E-state index contributed by atoms with van der Waals surface area (Å²) in [5.74, 6) is -1.70. The van der Waals surface area contributed by atoms with E-state index in [4.69, 9.17) is 5.11 Å². The third-order valence-electron chi connectivity index (χ3n) is 2.63. The lowest BCUT2D eigenvalue weighted by atomic mass is 10.4. The minimum atomic E-state index is -4.69. The summed E-state index contributed by atoms with van der Waals surface area (Å²) in [5.41, 5.74) is 0. The van der Waals surface area contributed by atoms with E-state index in [2.05, 4.69) is 10.6 Å². The number of carbonyl (C=O) groups excluding carboxylic acids is 2. The smallest absolute Gasteiger partial charge is 0.406 e. The number of amides is 3. The summed E-state index contributed by atoms with van der Waals surface area (Å²) in [5, 5.41) is 13.1. The molecule has 1 aliphatic rings. The second kappa shape index (κ2) is 7.14. The van der Waals surface area contributed by atoms with Crippen molar-refractivity contribution in [2.75, 3.05) is 26.2 Å². The van der Waals surface area contributed by atoms with Crippen LogP contribution in [0.15, 0.2) is 0 Å². The number of carboxylic acid groups (broad SMARTS) is 1. The van der Waals surface area contributed by atoms with Gasteiger partial charge >= 0.3 is 18.2 Å². The third-order valence-corrected chi connectivity index (χ3v) is 2.63. The van der Waals surface area contributed by atoms with Gasteiger partial charge in [-0.15, -0.1) is 0 Å². The lowest BCUT2D eigenvalue weighted by molar-refractivity contribution is -0.149. The van der Waals surface area contributed by atoms with Gasteiger partial charge in [-0.05, 0) is 12.8 Å². The van der Waals surface area contributed by atoms with Gasteiger partial charge in [0.25, 0.3) is 0 Å². The fraction of sp³-hybridized carbons (Fsp3) is 0.727. The van der Waals surface area contributed by atoms with Gasteiger partial charge in [-0.2, -0.15) is 13.2 Å². The van der Waals surface area contributed by atoms with Crippen molar-refractivity contribution in [2.45, 2.75) is 19.0 Å². The third kappa shape index (κ3) is 7.37. The number of alkyl halides is 3. The molecule has 1 saturated carbocycles. The molecule has 10 heteroatoms. The molecule has 0 heterocycles. The number of rotatable bonds is 7. The number of carboxylic acids is 1. The molecule has 0 aromatic rings. The number of urea groups is 1. The second-order valence-corrected chi connectivity index (χ2v) is 4.66. The lowest BCUT2D eigenvalue weighted by Crippen LogP contribution is -2.48. The van der Waals surface area contributed by atoms with Gasteiger partial charge in [0.15, 0.2) is 0 Å². The maximum absolute atomic E-state index is 12.2. The predicted molar refractivity (Wildman–Crippen MR) is 64.4 cm³/mol. The van der Waals surface area contributed by atoms with E-state index >= 15 is 0 Å². The van der Waals surface area contributed by atoms with Gasteiger partial charge in [0.05, 0.1) is 0 Å². The van der Waals surface area contributed by atoms with Crippen LogP contribution in [0.25, 0.3) is 0 Å². The molecule has 0 aliphatic heterocycles. The first-order valence-corrected chi connectivity index (χ1v) is 6.28. The molecule has 1 fully saturated rings. The molecular formula is C11H16F3N3O4. The zero-order valence-electron chi connectivity index (χ0n) is 11.1. The summed E-state index contributed by atoms with van der Waals surface area (Å²) in [7, 11) is 0. The van der Waals surface area contributed by atoms with Crippen LogP contribution in [0.5, 0.6) is 0 Å². The van der Waals surface area contributed by atoms with E-state index in [1.54, 1.807) is 0 Å². The number of aliphatic carboxylic acids is 1. The molecule has 0 aromatic carbocycles. The normalized spacial score (nSPS) is 14.4. The van der Waals surface area contributed by atoms with Gasteiger partial charge < -0.3 is 20.6 Å². The Morgan fingerprint density at radius 2 is 1.71 bits per heavy atom. The Balaban J connectivity index is 2.33. The van der Waals surface area contributed by atoms with Crippen molar-refractivity contribution in [3.8, 4) is 0 Å². The van der Waals surface area contributed by atoms with E-state index in [9.17, 15) is 27.6 Å². The fourth-order valence-electron chi connectivity index (χ4n) is 1.54. The quantitative estimate of drug-likeness (QED) is 0.584. The van der Waals surface area contributed by atoms with Crippen molar-refractivity contribution in [1.29, 1.82) is 0 Å². The molecule has 1 aliphatic carbocycles. The molecule has 120 valence electrons. The first-order chi connectivity index (χ1) is 9.69. The Morgan fingerprint density at radius 1 is 1.14 bits per heavy atom. The van der Waals surface area contributed by atoms with Crippen LogP contribution in [0.1, 0.15) is 12.8 Å². The number of hydrogen-bond acceptors (Lipinski definition) is 3. The summed E-state index contributed by atoms with van der Waals surface area (Å²) in [6, 6.07) is -1.14. The molecular weight excluding hydrogens is 295 g/mol. The van der Waals surface area contributed by atoms with E-state index in [-0.39, 0.29) is 29.8 Å². The van der Waals surface area contributed by atoms with Crippen molar-refractivity contribution in [2.24, 2.45) is 5.92 Å². The minimum absolute atomic E-state index is 0.00515. The van der Waals surface area contributed by atoms with Gasteiger partial charge in [0.2, 0.25) is 5.91 Å². The number of carbonyl (C=O) groups is 3. The summed E-state index contributed by atoms with van der Waals surface area (Å²) < 4.78 is 36.7. The topological polar surface area (TPSA) is 98.7 Å². The molecule has 0 unspecified atom stereocenters. The van der Waals surface area contributed by atoms with Crippen LogP contribution >= 0.6 is 0 Å². The van der Waals surface area contributed by atoms with E-state index in [0.29, 0.717) is 0 Å². The van der Waals surface area contributed by atoms with Crippen LogP contribution in [0, 0.1) is 5.92 Å². The first-order valence-electron chi connectivity index (χ1n) is 6.28. The van der Waals surface area contributed by atoms with Crippen molar-refractivity contribution in [3.05, 3.63) is 0 Å². The van der Waals surface area contributed by atoms with E-state index in [1.807, 2.05) is 0 Å². The average Bonchev–Trinajstić information content (AvgIpc) is 3.14. The Morgan fingerprint density at radius 3 is 2.19 bits per heavy atom. The fourth-order valence-corrected chi connectivity index (χ4v) is 1.54. The van der Waals surface area contributed by atoms with Crippen molar-refractivity contribution in [3.63, 3.8) is 0 Å². The molecule has 1 rings (SSSR count). The predicted octanol–water partition coefficient (Wildman–Crippen LogP) is 0.171. The van der Waals surface area contributed by atoms with Crippen molar-refractivity contribution in [1.82, 2.24) is 15.5 Å². The maximum atomic E-state index is 12.2. The zero-order chi connectivity index (χ0) is 16.0. The molecule has 0 radical (unpaired) electrons. The summed E-state index contributed by atoms with van der Waals surface area (Å²) in [4.78, 5) is 33.3. The highest BCUT2D eigenvalue weighted by atomic mass is 19.4. The molecule has 0 aromatic heterocycles. The van der Waals surface area contributed by atoms with Crippen molar-refractivity contribution < 1.29 is 32.7 Å². The van der Waals surface area contributed by atoms with E-state index < -0.39 is 31.3 Å². The van der Waals surface area contributed by atoms with Gasteiger partial charge in [-0.3, -0.25) is 9.59 Å². The molecule has 0 atom stereocenters. The highest BCUT2D eigenvalue weighted by molar-refractivity contribution is 5.81. The number of nitrogens with one attached hydrogen (secondary N) is 2. The van der Waals surface area contributed by atoms with Crippen LogP contribution in [0.2, 0.25) is 0 Å². The van der Waals surface area contributed by atoms with Gasteiger partial charge in [-0.1, -0.05) is 0 Å². The highest BCUT2D eigenvalue weighted by Crippen LogP contribution is 2.28. The monoisotopic (exact) mass is 311 g/mol. The Bertz CT molecular complexity index is 410. The van der Waals surface area contributed by atoms with Gasteiger partial charge in [0, 0.05) is 19.0 Å². The Hall–Kier alpha value is -2.00. The minimum Gasteiger partial charge on any atom is -0.480 e.